The highest BCUT2D eigenvalue weighted by Crippen LogP contribution is 2.24. The standard InChI is InChI=1S/C30H31N7O7S2.C27H58N6O4/c1-45(41,42)24-8-3-20(4-9-24)21-5-10-25(11-6-21)46(43,44)36-26(29(39)40)19-34-28(38)22-7-12-27-23(17-22)18-35-37(27)16-2-13-31-30-32-14-15-33-30;1-5-30-12-14-31(6-2)16-18-33(19-17-32(7-3)15-13-30)26-27(34)29-11-9-21-36-23-25-37-24-22-35-20-8-10-28-4/h3-12,14-15,17-18,26,36H,2,13,16,19H2,1H3,(H,34,38)(H,39,40)(H2,31,32,33);28H,5-26H2,1-4H3,(H,29,34). The van der Waals surface area contributed by atoms with E-state index >= 15 is 0 Å². The first-order valence-corrected chi connectivity index (χ1v) is 32.1. The van der Waals surface area contributed by atoms with Crippen molar-refractivity contribution in [2.45, 2.75) is 62.4 Å². The van der Waals surface area contributed by atoms with Crippen LogP contribution in [0.3, 0.4) is 0 Å². The Morgan fingerprint density at radius 3 is 1.73 bits per heavy atom. The monoisotopic (exact) mass is 1200 g/mol. The quantitative estimate of drug-likeness (QED) is 0.0297. The van der Waals surface area contributed by atoms with Crippen LogP contribution in [-0.2, 0) is 50.2 Å². The molecule has 1 fully saturated rings. The maximum absolute atomic E-state index is 13.0. The molecule has 26 heteroatoms. The summed E-state index contributed by atoms with van der Waals surface area (Å²) < 4.78 is 69.9. The molecule has 1 saturated heterocycles. The molecular weight excluding hydrogens is 1110 g/mol. The number of sulfonamides is 1. The van der Waals surface area contributed by atoms with Gasteiger partial charge in [-0.15, -0.1) is 0 Å². The lowest BCUT2D eigenvalue weighted by atomic mass is 10.1. The zero-order chi connectivity index (χ0) is 59.9. The fraction of sp³-hybridized carbons (Fsp3) is 0.561. The number of H-pyrrole nitrogens is 1. The number of likely N-dealkylation sites (N-methyl/N-ethyl adjacent to an activating group) is 3. The third-order valence-electron chi connectivity index (χ3n) is 14.0. The average Bonchev–Trinajstić information content (AvgIpc) is 4.41. The van der Waals surface area contributed by atoms with E-state index in [9.17, 15) is 36.3 Å². The number of fused-ring (bicyclic) bond motifs is 1. The molecule has 24 nitrogen and oxygen atoms in total. The number of carboxylic acids is 1. The van der Waals surface area contributed by atoms with Crippen LogP contribution in [0.1, 0.15) is 50.4 Å². The largest absolute Gasteiger partial charge is 0.480 e. The zero-order valence-electron chi connectivity index (χ0n) is 49.0. The minimum Gasteiger partial charge on any atom is -0.480 e. The van der Waals surface area contributed by atoms with Crippen molar-refractivity contribution in [3.8, 4) is 11.1 Å². The molecule has 0 radical (unpaired) electrons. The van der Waals surface area contributed by atoms with Crippen LogP contribution in [0.4, 0.5) is 5.95 Å². The molecule has 3 aromatic carbocycles. The van der Waals surface area contributed by atoms with E-state index < -0.39 is 44.3 Å². The number of nitrogens with one attached hydrogen (secondary N) is 6. The van der Waals surface area contributed by atoms with Gasteiger partial charge in [0.2, 0.25) is 15.9 Å². The van der Waals surface area contributed by atoms with Crippen LogP contribution in [0.15, 0.2) is 95.1 Å². The summed E-state index contributed by atoms with van der Waals surface area (Å²) in [5.41, 5.74) is 2.38. The minimum atomic E-state index is -4.27. The van der Waals surface area contributed by atoms with Gasteiger partial charge in [-0.25, -0.2) is 21.8 Å². The lowest BCUT2D eigenvalue weighted by molar-refractivity contribution is -0.138. The molecule has 5 aromatic rings. The molecule has 7 N–H and O–H groups in total. The molecular formula is C57H89N13O11S2. The number of ether oxygens (including phenoxy) is 3. The number of carbonyl (C=O) groups excluding carboxylic acids is 2. The predicted octanol–water partition coefficient (Wildman–Crippen LogP) is 2.93. The second-order valence-electron chi connectivity index (χ2n) is 20.0. The fourth-order valence-electron chi connectivity index (χ4n) is 8.90. The van der Waals surface area contributed by atoms with E-state index in [4.69, 9.17) is 14.2 Å². The first-order valence-electron chi connectivity index (χ1n) is 28.7. The Morgan fingerprint density at radius 1 is 0.675 bits per heavy atom. The van der Waals surface area contributed by atoms with Crippen molar-refractivity contribution in [2.75, 3.05) is 163 Å². The maximum atomic E-state index is 13.0. The van der Waals surface area contributed by atoms with Gasteiger partial charge in [0, 0.05) is 121 Å². The molecule has 0 spiro atoms. The van der Waals surface area contributed by atoms with Gasteiger partial charge in [0.15, 0.2) is 15.8 Å². The van der Waals surface area contributed by atoms with E-state index in [2.05, 4.69) is 81.4 Å². The van der Waals surface area contributed by atoms with E-state index in [1.165, 1.54) is 36.4 Å². The number of imidazole rings is 1. The predicted molar refractivity (Wildman–Crippen MR) is 322 cm³/mol. The average molecular weight is 1200 g/mol. The Morgan fingerprint density at radius 2 is 1.22 bits per heavy atom. The summed E-state index contributed by atoms with van der Waals surface area (Å²) in [6, 6.07) is 15.1. The summed E-state index contributed by atoms with van der Waals surface area (Å²) in [4.78, 5) is 54.3. The van der Waals surface area contributed by atoms with Crippen LogP contribution in [0.25, 0.3) is 22.0 Å². The highest BCUT2D eigenvalue weighted by molar-refractivity contribution is 7.90. The first kappa shape index (κ1) is 67.9. The minimum absolute atomic E-state index is 0.105. The smallest absolute Gasteiger partial charge is 0.323 e. The number of aromatic nitrogens is 4. The molecule has 0 aliphatic carbocycles. The number of aliphatic carboxylic acids is 1. The summed E-state index contributed by atoms with van der Waals surface area (Å²) in [5.74, 6) is -1.25. The highest BCUT2D eigenvalue weighted by Gasteiger charge is 2.27. The van der Waals surface area contributed by atoms with Gasteiger partial charge in [-0.2, -0.15) is 9.82 Å². The molecule has 1 aliphatic heterocycles. The Kier molecular flexibility index (Phi) is 30.0. The highest BCUT2D eigenvalue weighted by atomic mass is 32.2. The van der Waals surface area contributed by atoms with Gasteiger partial charge < -0.3 is 60.3 Å². The Labute approximate surface area is 490 Å². The lowest BCUT2D eigenvalue weighted by Crippen LogP contribution is -2.48. The second-order valence-corrected chi connectivity index (χ2v) is 23.7. The van der Waals surface area contributed by atoms with Crippen LogP contribution in [0.2, 0.25) is 0 Å². The molecule has 460 valence electrons. The summed E-state index contributed by atoms with van der Waals surface area (Å²) in [5, 5.41) is 26.6. The number of hydrogen-bond acceptors (Lipinski definition) is 18. The Balaban J connectivity index is 0.000000313. The van der Waals surface area contributed by atoms with Crippen LogP contribution in [-0.4, -0.2) is 243 Å². The van der Waals surface area contributed by atoms with Crippen LogP contribution in [0.5, 0.6) is 0 Å². The van der Waals surface area contributed by atoms with E-state index in [0.717, 1.165) is 122 Å². The van der Waals surface area contributed by atoms with Gasteiger partial charge in [0.1, 0.15) is 6.04 Å². The van der Waals surface area contributed by atoms with Gasteiger partial charge in [-0.3, -0.25) is 24.0 Å². The van der Waals surface area contributed by atoms with Crippen molar-refractivity contribution in [3.63, 3.8) is 0 Å². The number of nitrogens with zero attached hydrogens (tertiary/aromatic N) is 7. The van der Waals surface area contributed by atoms with E-state index in [0.29, 0.717) is 76.3 Å². The third kappa shape index (κ3) is 24.7. The van der Waals surface area contributed by atoms with Crippen LogP contribution in [0, 0.1) is 0 Å². The second kappa shape index (κ2) is 36.7. The molecule has 6 rings (SSSR count). The SMILES string of the molecule is CCN1CCN(CC)CCN(CC(=O)NCCCOCCOCCOCCCNC)CCN(CC)CC1.CS(=O)(=O)c1ccc(-c2ccc(S(=O)(=O)NC(CNC(=O)c3ccc4c(cnn4CCCNc4ncc[nH]4)c3)C(=O)O)cc2)cc1. The van der Waals surface area contributed by atoms with E-state index in [1.807, 2.05) is 11.7 Å². The molecule has 1 unspecified atom stereocenters. The molecule has 3 heterocycles. The lowest BCUT2D eigenvalue weighted by Gasteiger charge is -2.33. The van der Waals surface area contributed by atoms with E-state index in [1.54, 1.807) is 48.9 Å². The van der Waals surface area contributed by atoms with Gasteiger partial charge in [-0.1, -0.05) is 45.0 Å². The Bertz CT molecular complexity index is 2880. The van der Waals surface area contributed by atoms with Crippen molar-refractivity contribution in [1.82, 2.24) is 60.0 Å². The molecule has 0 saturated carbocycles. The zero-order valence-corrected chi connectivity index (χ0v) is 50.7. The normalized spacial score (nSPS) is 15.0. The number of anilines is 1. The summed E-state index contributed by atoms with van der Waals surface area (Å²) in [7, 11) is -5.69. The number of amides is 2. The van der Waals surface area contributed by atoms with Crippen molar-refractivity contribution < 1.29 is 50.5 Å². The van der Waals surface area contributed by atoms with Crippen molar-refractivity contribution in [3.05, 3.63) is 90.9 Å². The van der Waals surface area contributed by atoms with Crippen molar-refractivity contribution in [1.29, 1.82) is 0 Å². The number of aromatic amines is 1. The number of sulfone groups is 1. The summed E-state index contributed by atoms with van der Waals surface area (Å²) in [6.07, 6.45) is 8.72. The van der Waals surface area contributed by atoms with Crippen molar-refractivity contribution in [2.24, 2.45) is 0 Å². The molecule has 2 amide bonds. The van der Waals surface area contributed by atoms with E-state index in [-0.39, 0.29) is 21.3 Å². The van der Waals surface area contributed by atoms with Crippen LogP contribution < -0.4 is 26.0 Å². The molecule has 2 aromatic heterocycles. The third-order valence-corrected chi connectivity index (χ3v) is 16.6. The summed E-state index contributed by atoms with van der Waals surface area (Å²) in [6.45, 7) is 24.8. The fourth-order valence-corrected chi connectivity index (χ4v) is 10.7. The van der Waals surface area contributed by atoms with Gasteiger partial charge >= 0.3 is 5.97 Å². The number of carboxylic acid groups (broad SMARTS) is 1. The number of rotatable bonds is 33. The van der Waals surface area contributed by atoms with Gasteiger partial charge in [0.25, 0.3) is 5.91 Å². The number of hydrogen-bond donors (Lipinski definition) is 7. The summed E-state index contributed by atoms with van der Waals surface area (Å²) >= 11 is 0. The number of aryl methyl sites for hydroxylation is 1. The van der Waals surface area contributed by atoms with Gasteiger partial charge in [-0.05, 0) is 106 Å². The molecule has 1 atom stereocenters. The first-order chi connectivity index (χ1) is 40.0. The maximum Gasteiger partial charge on any atom is 0.323 e. The molecule has 83 heavy (non-hydrogen) atoms. The Hall–Kier alpha value is -5.91. The van der Waals surface area contributed by atoms with Crippen molar-refractivity contribution >= 4 is 54.5 Å². The molecule has 1 aliphatic rings. The van der Waals surface area contributed by atoms with Crippen LogP contribution >= 0.6 is 0 Å². The number of benzene rings is 3. The van der Waals surface area contributed by atoms with Gasteiger partial charge in [0.05, 0.1) is 54.5 Å². The topological polar surface area (TPSA) is 287 Å². The molecule has 0 bridgehead atoms. The number of carbonyl (C=O) groups is 3.